The van der Waals surface area contributed by atoms with Crippen molar-refractivity contribution in [2.75, 3.05) is 31.2 Å². The first-order chi connectivity index (χ1) is 14.1. The first-order valence-corrected chi connectivity index (χ1v) is 11.3. The lowest BCUT2D eigenvalue weighted by molar-refractivity contribution is -0.129. The quantitative estimate of drug-likeness (QED) is 0.701. The Morgan fingerprint density at radius 2 is 1.97 bits per heavy atom. The lowest BCUT2D eigenvalue weighted by Gasteiger charge is -2.40. The van der Waals surface area contributed by atoms with Gasteiger partial charge in [-0.1, -0.05) is 39.7 Å². The van der Waals surface area contributed by atoms with Gasteiger partial charge in [-0.2, -0.15) is 0 Å². The zero-order chi connectivity index (χ0) is 20.3. The molecule has 0 saturated carbocycles. The highest BCUT2D eigenvalue weighted by Gasteiger charge is 2.38. The molecular formula is C22H25BrClN3O2. The summed E-state index contributed by atoms with van der Waals surface area (Å²) >= 11 is 9.50. The number of anilines is 1. The van der Waals surface area contributed by atoms with Crippen LogP contribution in [0.3, 0.4) is 0 Å². The zero-order valence-electron chi connectivity index (χ0n) is 16.2. The monoisotopic (exact) mass is 477 g/mol. The normalized spacial score (nSPS) is 19.7. The molecule has 2 aliphatic rings. The summed E-state index contributed by atoms with van der Waals surface area (Å²) in [7, 11) is 0. The van der Waals surface area contributed by atoms with Crippen LogP contribution in [0.15, 0.2) is 47.1 Å². The summed E-state index contributed by atoms with van der Waals surface area (Å²) in [5.74, 6) is 1.09. The van der Waals surface area contributed by atoms with E-state index in [2.05, 4.69) is 43.3 Å². The van der Waals surface area contributed by atoms with E-state index in [1.165, 1.54) is 0 Å². The molecule has 2 aliphatic heterocycles. The van der Waals surface area contributed by atoms with Crippen molar-refractivity contribution in [2.24, 2.45) is 5.92 Å². The fraction of sp³-hybridized carbons (Fsp3) is 0.455. The van der Waals surface area contributed by atoms with Crippen molar-refractivity contribution >= 4 is 39.3 Å². The van der Waals surface area contributed by atoms with Crippen LogP contribution in [0.5, 0.6) is 0 Å². The summed E-state index contributed by atoms with van der Waals surface area (Å²) in [4.78, 5) is 19.8. The Labute approximate surface area is 184 Å². The van der Waals surface area contributed by atoms with Crippen LogP contribution < -0.4 is 10.2 Å². The number of nitrogens with one attached hydrogen (secondary N) is 1. The number of rotatable bonds is 4. The van der Waals surface area contributed by atoms with E-state index in [4.69, 9.17) is 16.3 Å². The van der Waals surface area contributed by atoms with Gasteiger partial charge in [0, 0.05) is 42.9 Å². The van der Waals surface area contributed by atoms with Crippen LogP contribution in [0.1, 0.15) is 31.2 Å². The molecule has 0 bridgehead atoms. The van der Waals surface area contributed by atoms with Gasteiger partial charge < -0.3 is 15.0 Å². The number of pyridine rings is 1. The third kappa shape index (κ3) is 4.76. The van der Waals surface area contributed by atoms with Crippen molar-refractivity contribution in [1.29, 1.82) is 0 Å². The number of benzene rings is 1. The number of halogens is 2. The Kier molecular flexibility index (Phi) is 6.42. The minimum Gasteiger partial charge on any atom is -0.381 e. The Hall–Kier alpha value is -1.63. The molecule has 0 radical (unpaired) electrons. The van der Waals surface area contributed by atoms with Gasteiger partial charge in [0.2, 0.25) is 5.91 Å². The third-order valence-electron chi connectivity index (χ3n) is 5.99. The fourth-order valence-corrected chi connectivity index (χ4v) is 4.77. The Balaban J connectivity index is 1.43. The van der Waals surface area contributed by atoms with E-state index < -0.39 is 0 Å². The predicted octanol–water partition coefficient (Wildman–Crippen LogP) is 4.54. The molecule has 1 N–H and O–H groups in total. The molecule has 2 saturated heterocycles. The first kappa shape index (κ1) is 20.6. The molecule has 0 aliphatic carbocycles. The number of amides is 1. The molecule has 29 heavy (non-hydrogen) atoms. The predicted molar refractivity (Wildman–Crippen MR) is 118 cm³/mol. The summed E-state index contributed by atoms with van der Waals surface area (Å²) in [6.45, 7) is 2.96. The standard InChI is InChI=1S/C22H25BrClN3O2/c23-18-3-1-2-17(14-18)22(8-12-29-13-9-22)26-21(28)16-6-10-27(11-7-16)20-5-4-19(24)15-25-20/h1-5,14-16H,6-13H2,(H,26,28). The number of ether oxygens (including phenoxy) is 1. The van der Waals surface area contributed by atoms with E-state index >= 15 is 0 Å². The molecule has 0 unspecified atom stereocenters. The molecule has 7 heteroatoms. The second kappa shape index (κ2) is 9.02. The molecule has 1 aromatic heterocycles. The molecule has 0 atom stereocenters. The maximum Gasteiger partial charge on any atom is 0.223 e. The van der Waals surface area contributed by atoms with Crippen molar-refractivity contribution < 1.29 is 9.53 Å². The van der Waals surface area contributed by atoms with E-state index in [-0.39, 0.29) is 17.4 Å². The first-order valence-electron chi connectivity index (χ1n) is 10.1. The molecule has 2 fully saturated rings. The molecular weight excluding hydrogens is 454 g/mol. The topological polar surface area (TPSA) is 54.5 Å². The van der Waals surface area contributed by atoms with Crippen LogP contribution in [0.4, 0.5) is 5.82 Å². The lowest BCUT2D eigenvalue weighted by atomic mass is 9.81. The number of carbonyl (C=O) groups excluding carboxylic acids is 1. The smallest absolute Gasteiger partial charge is 0.223 e. The van der Waals surface area contributed by atoms with Gasteiger partial charge in [0.1, 0.15) is 5.82 Å². The van der Waals surface area contributed by atoms with Crippen LogP contribution in [0, 0.1) is 5.92 Å². The number of nitrogens with zero attached hydrogens (tertiary/aromatic N) is 2. The van der Waals surface area contributed by atoms with Gasteiger partial charge in [0.15, 0.2) is 0 Å². The summed E-state index contributed by atoms with van der Waals surface area (Å²) in [6.07, 6.45) is 4.90. The van der Waals surface area contributed by atoms with Crippen molar-refractivity contribution in [3.8, 4) is 0 Å². The Morgan fingerprint density at radius 3 is 2.62 bits per heavy atom. The highest BCUT2D eigenvalue weighted by atomic mass is 79.9. The average Bonchev–Trinajstić information content (AvgIpc) is 2.75. The van der Waals surface area contributed by atoms with Crippen LogP contribution in [-0.4, -0.2) is 37.2 Å². The van der Waals surface area contributed by atoms with Gasteiger partial charge in [-0.05, 0) is 55.5 Å². The van der Waals surface area contributed by atoms with Gasteiger partial charge in [0.05, 0.1) is 10.6 Å². The molecule has 1 aromatic carbocycles. The molecule has 4 rings (SSSR count). The fourth-order valence-electron chi connectivity index (χ4n) is 4.26. The highest BCUT2D eigenvalue weighted by molar-refractivity contribution is 9.10. The molecule has 5 nitrogen and oxygen atoms in total. The van der Waals surface area contributed by atoms with Gasteiger partial charge in [0.25, 0.3) is 0 Å². The Bertz CT molecular complexity index is 847. The van der Waals surface area contributed by atoms with Crippen molar-refractivity contribution in [1.82, 2.24) is 10.3 Å². The van der Waals surface area contributed by atoms with E-state index in [0.29, 0.717) is 18.2 Å². The van der Waals surface area contributed by atoms with Crippen molar-refractivity contribution in [3.63, 3.8) is 0 Å². The van der Waals surface area contributed by atoms with E-state index in [9.17, 15) is 4.79 Å². The summed E-state index contributed by atoms with van der Waals surface area (Å²) in [5.41, 5.74) is 0.792. The molecule has 154 valence electrons. The van der Waals surface area contributed by atoms with E-state index in [1.807, 2.05) is 24.3 Å². The van der Waals surface area contributed by atoms with Gasteiger partial charge in [-0.3, -0.25) is 4.79 Å². The zero-order valence-corrected chi connectivity index (χ0v) is 18.6. The summed E-state index contributed by atoms with van der Waals surface area (Å²) in [5, 5.41) is 4.05. The van der Waals surface area contributed by atoms with Crippen LogP contribution in [-0.2, 0) is 15.1 Å². The highest BCUT2D eigenvalue weighted by Crippen LogP contribution is 2.34. The van der Waals surface area contributed by atoms with Gasteiger partial charge in [-0.15, -0.1) is 0 Å². The number of hydrogen-bond acceptors (Lipinski definition) is 4. The van der Waals surface area contributed by atoms with Crippen LogP contribution in [0.2, 0.25) is 5.02 Å². The Morgan fingerprint density at radius 1 is 1.21 bits per heavy atom. The SMILES string of the molecule is O=C(NC1(c2cccc(Br)c2)CCOCC1)C1CCN(c2ccc(Cl)cn2)CC1. The van der Waals surface area contributed by atoms with E-state index in [1.54, 1.807) is 6.20 Å². The second-order valence-corrected chi connectivity index (χ2v) is 9.14. The number of carbonyl (C=O) groups is 1. The van der Waals surface area contributed by atoms with E-state index in [0.717, 1.165) is 54.6 Å². The summed E-state index contributed by atoms with van der Waals surface area (Å²) in [6, 6.07) is 12.0. The minimum absolute atomic E-state index is 0.0189. The van der Waals surface area contributed by atoms with Crippen molar-refractivity contribution in [3.05, 3.63) is 57.7 Å². The maximum atomic E-state index is 13.2. The van der Waals surface area contributed by atoms with Gasteiger partial charge >= 0.3 is 0 Å². The number of aromatic nitrogens is 1. The van der Waals surface area contributed by atoms with Gasteiger partial charge in [-0.25, -0.2) is 4.98 Å². The molecule has 1 amide bonds. The maximum absolute atomic E-state index is 13.2. The van der Waals surface area contributed by atoms with Crippen LogP contribution in [0.25, 0.3) is 0 Å². The summed E-state index contributed by atoms with van der Waals surface area (Å²) < 4.78 is 6.62. The second-order valence-electron chi connectivity index (χ2n) is 7.79. The molecule has 0 spiro atoms. The average molecular weight is 479 g/mol. The van der Waals surface area contributed by atoms with Crippen LogP contribution >= 0.6 is 27.5 Å². The number of piperidine rings is 1. The van der Waals surface area contributed by atoms with Crippen molar-refractivity contribution in [2.45, 2.75) is 31.2 Å². The lowest BCUT2D eigenvalue weighted by Crippen LogP contribution is -2.52. The largest absolute Gasteiger partial charge is 0.381 e. The third-order valence-corrected chi connectivity index (χ3v) is 6.70. The molecule has 3 heterocycles. The number of hydrogen-bond donors (Lipinski definition) is 1. The minimum atomic E-state index is -0.353. The molecule has 2 aromatic rings.